The van der Waals surface area contributed by atoms with Gasteiger partial charge >= 0.3 is 0 Å². The largest absolute Gasteiger partial charge is 0.355 e. The molecule has 0 atom stereocenters. The van der Waals surface area contributed by atoms with Crippen LogP contribution in [0.3, 0.4) is 0 Å². The highest BCUT2D eigenvalue weighted by Gasteiger charge is 2.20. The molecule has 0 bridgehead atoms. The van der Waals surface area contributed by atoms with Gasteiger partial charge in [0.25, 0.3) is 0 Å². The molecule has 0 radical (unpaired) electrons. The Kier molecular flexibility index (Phi) is 4.96. The summed E-state index contributed by atoms with van der Waals surface area (Å²) in [6.07, 6.45) is 5.77. The monoisotopic (exact) mass is 314 g/mol. The van der Waals surface area contributed by atoms with Crippen molar-refractivity contribution in [2.75, 3.05) is 20.1 Å². The minimum absolute atomic E-state index is 0.103. The second-order valence-corrected chi connectivity index (χ2v) is 6.61. The lowest BCUT2D eigenvalue weighted by Gasteiger charge is -2.23. The van der Waals surface area contributed by atoms with Gasteiger partial charge in [0.15, 0.2) is 0 Å². The highest BCUT2D eigenvalue weighted by Crippen LogP contribution is 2.21. The first-order chi connectivity index (χ1) is 11.1. The Morgan fingerprint density at radius 3 is 2.91 bits per heavy atom. The van der Waals surface area contributed by atoms with E-state index in [1.165, 1.54) is 31.2 Å². The summed E-state index contributed by atoms with van der Waals surface area (Å²) >= 11 is 0. The Bertz CT molecular complexity index is 673. The van der Waals surface area contributed by atoms with E-state index >= 15 is 0 Å². The van der Waals surface area contributed by atoms with E-state index in [-0.39, 0.29) is 5.91 Å². The van der Waals surface area contributed by atoms with Crippen LogP contribution >= 0.6 is 0 Å². The van der Waals surface area contributed by atoms with E-state index in [0.717, 1.165) is 23.3 Å². The summed E-state index contributed by atoms with van der Waals surface area (Å²) in [7, 11) is 2.05. The van der Waals surface area contributed by atoms with Gasteiger partial charge in [0.1, 0.15) is 5.82 Å². The number of fused-ring (bicyclic) bond motifs is 1. The number of benzene rings is 1. The zero-order chi connectivity index (χ0) is 16.2. The SMILES string of the molecule is Cc1cccc2[nH]c(CCNC(=O)CN(C)C3CCCC3)nc12. The summed E-state index contributed by atoms with van der Waals surface area (Å²) in [5.41, 5.74) is 3.26. The number of aromatic nitrogens is 2. The molecule has 1 heterocycles. The number of nitrogens with zero attached hydrogens (tertiary/aromatic N) is 2. The molecule has 0 unspecified atom stereocenters. The lowest BCUT2D eigenvalue weighted by molar-refractivity contribution is -0.122. The molecule has 5 nitrogen and oxygen atoms in total. The summed E-state index contributed by atoms with van der Waals surface area (Å²) < 4.78 is 0. The third-order valence-electron chi connectivity index (χ3n) is 4.79. The summed E-state index contributed by atoms with van der Waals surface area (Å²) in [5.74, 6) is 1.03. The van der Waals surface area contributed by atoms with E-state index in [1.54, 1.807) is 0 Å². The van der Waals surface area contributed by atoms with Gasteiger partial charge in [0.05, 0.1) is 17.6 Å². The van der Waals surface area contributed by atoms with Crippen LogP contribution in [0.15, 0.2) is 18.2 Å². The van der Waals surface area contributed by atoms with Crippen molar-refractivity contribution in [3.05, 3.63) is 29.6 Å². The molecule has 1 aromatic carbocycles. The van der Waals surface area contributed by atoms with Crippen molar-refractivity contribution in [1.82, 2.24) is 20.2 Å². The van der Waals surface area contributed by atoms with Gasteiger partial charge in [-0.05, 0) is 38.4 Å². The molecule has 1 saturated carbocycles. The minimum Gasteiger partial charge on any atom is -0.355 e. The van der Waals surface area contributed by atoms with Crippen LogP contribution in [-0.2, 0) is 11.2 Å². The molecule has 1 fully saturated rings. The molecular weight excluding hydrogens is 288 g/mol. The van der Waals surface area contributed by atoms with Crippen LogP contribution in [0.5, 0.6) is 0 Å². The molecule has 1 aliphatic rings. The number of hydrogen-bond acceptors (Lipinski definition) is 3. The van der Waals surface area contributed by atoms with Crippen molar-refractivity contribution >= 4 is 16.9 Å². The Morgan fingerprint density at radius 2 is 2.17 bits per heavy atom. The van der Waals surface area contributed by atoms with Crippen molar-refractivity contribution in [3.8, 4) is 0 Å². The van der Waals surface area contributed by atoms with Crippen LogP contribution in [0.2, 0.25) is 0 Å². The fraction of sp³-hybridized carbons (Fsp3) is 0.556. The van der Waals surface area contributed by atoms with Crippen molar-refractivity contribution in [1.29, 1.82) is 0 Å². The molecule has 23 heavy (non-hydrogen) atoms. The topological polar surface area (TPSA) is 61.0 Å². The number of hydrogen-bond donors (Lipinski definition) is 2. The Morgan fingerprint density at radius 1 is 1.39 bits per heavy atom. The first-order valence-electron chi connectivity index (χ1n) is 8.54. The number of aromatic amines is 1. The zero-order valence-corrected chi connectivity index (χ0v) is 14.1. The second-order valence-electron chi connectivity index (χ2n) is 6.61. The lowest BCUT2D eigenvalue weighted by Crippen LogP contribution is -2.40. The first-order valence-corrected chi connectivity index (χ1v) is 8.54. The fourth-order valence-corrected chi connectivity index (χ4v) is 3.42. The molecule has 2 N–H and O–H groups in total. The van der Waals surface area contributed by atoms with Crippen LogP contribution in [0.4, 0.5) is 0 Å². The van der Waals surface area contributed by atoms with Gasteiger partial charge in [-0.2, -0.15) is 0 Å². The number of aryl methyl sites for hydroxylation is 1. The normalized spacial score (nSPS) is 15.6. The van der Waals surface area contributed by atoms with Crippen molar-refractivity contribution < 1.29 is 4.79 Å². The lowest BCUT2D eigenvalue weighted by atomic mass is 10.2. The van der Waals surface area contributed by atoms with Crippen LogP contribution in [0, 0.1) is 6.92 Å². The number of likely N-dealkylation sites (N-methyl/N-ethyl adjacent to an activating group) is 1. The molecule has 2 aromatic rings. The first kappa shape index (κ1) is 16.0. The van der Waals surface area contributed by atoms with E-state index in [0.29, 0.717) is 19.1 Å². The van der Waals surface area contributed by atoms with Crippen LogP contribution in [0.25, 0.3) is 11.0 Å². The average molecular weight is 314 g/mol. The van der Waals surface area contributed by atoms with E-state index in [2.05, 4.69) is 40.2 Å². The number of carbonyl (C=O) groups excluding carboxylic acids is 1. The van der Waals surface area contributed by atoms with Gasteiger partial charge in [-0.3, -0.25) is 9.69 Å². The fourth-order valence-electron chi connectivity index (χ4n) is 3.42. The number of nitrogens with one attached hydrogen (secondary N) is 2. The van der Waals surface area contributed by atoms with E-state index in [9.17, 15) is 4.79 Å². The van der Waals surface area contributed by atoms with Crippen LogP contribution in [-0.4, -0.2) is 47.0 Å². The van der Waals surface area contributed by atoms with Gasteiger partial charge in [-0.25, -0.2) is 4.98 Å². The van der Waals surface area contributed by atoms with Crippen LogP contribution in [0.1, 0.15) is 37.1 Å². The Labute approximate surface area is 137 Å². The van der Waals surface area contributed by atoms with Gasteiger partial charge in [-0.1, -0.05) is 25.0 Å². The number of rotatable bonds is 6. The maximum atomic E-state index is 12.0. The predicted octanol–water partition coefficient (Wildman–Crippen LogP) is 2.40. The molecule has 1 aliphatic carbocycles. The molecule has 0 aliphatic heterocycles. The maximum Gasteiger partial charge on any atom is 0.234 e. The minimum atomic E-state index is 0.103. The second kappa shape index (κ2) is 7.13. The summed E-state index contributed by atoms with van der Waals surface area (Å²) in [5, 5.41) is 3.00. The van der Waals surface area contributed by atoms with E-state index < -0.39 is 0 Å². The smallest absolute Gasteiger partial charge is 0.234 e. The summed E-state index contributed by atoms with van der Waals surface area (Å²) in [4.78, 5) is 22.2. The number of imidazole rings is 1. The van der Waals surface area contributed by atoms with Crippen molar-refractivity contribution in [3.63, 3.8) is 0 Å². The quantitative estimate of drug-likeness (QED) is 0.861. The highest BCUT2D eigenvalue weighted by molar-refractivity contribution is 5.79. The van der Waals surface area contributed by atoms with Gasteiger partial charge < -0.3 is 10.3 Å². The predicted molar refractivity (Wildman–Crippen MR) is 92.4 cm³/mol. The van der Waals surface area contributed by atoms with Crippen molar-refractivity contribution in [2.45, 2.75) is 45.1 Å². The summed E-state index contributed by atoms with van der Waals surface area (Å²) in [6.45, 7) is 3.17. The van der Waals surface area contributed by atoms with E-state index in [1.807, 2.05) is 12.1 Å². The maximum absolute atomic E-state index is 12.0. The number of para-hydroxylation sites is 1. The summed E-state index contributed by atoms with van der Waals surface area (Å²) in [6, 6.07) is 6.71. The average Bonchev–Trinajstić information content (AvgIpc) is 3.16. The number of H-pyrrole nitrogens is 1. The van der Waals surface area contributed by atoms with E-state index in [4.69, 9.17) is 0 Å². The van der Waals surface area contributed by atoms with Gasteiger partial charge in [-0.15, -0.1) is 0 Å². The molecule has 5 heteroatoms. The van der Waals surface area contributed by atoms with Gasteiger partial charge in [0, 0.05) is 19.0 Å². The van der Waals surface area contributed by atoms with Crippen molar-refractivity contribution in [2.24, 2.45) is 0 Å². The standard InChI is InChI=1S/C18H26N4O/c1-13-6-5-9-15-18(13)21-16(20-15)10-11-19-17(23)12-22(2)14-7-3-4-8-14/h5-6,9,14H,3-4,7-8,10-12H2,1-2H3,(H,19,23)(H,20,21). The molecule has 124 valence electrons. The highest BCUT2D eigenvalue weighted by atomic mass is 16.2. The number of carbonyl (C=O) groups is 1. The third-order valence-corrected chi connectivity index (χ3v) is 4.79. The molecular formula is C18H26N4O. The van der Waals surface area contributed by atoms with Crippen LogP contribution < -0.4 is 5.32 Å². The zero-order valence-electron chi connectivity index (χ0n) is 14.1. The molecule has 1 amide bonds. The molecule has 3 rings (SSSR count). The van der Waals surface area contributed by atoms with Gasteiger partial charge in [0.2, 0.25) is 5.91 Å². The third kappa shape index (κ3) is 3.91. The molecule has 0 spiro atoms. The Balaban J connectivity index is 1.46. The molecule has 0 saturated heterocycles. The Hall–Kier alpha value is -1.88. The molecule has 1 aromatic heterocycles. The number of amides is 1.